The van der Waals surface area contributed by atoms with Crippen LogP contribution in [-0.2, 0) is 33.4 Å². The summed E-state index contributed by atoms with van der Waals surface area (Å²) in [4.78, 5) is 22.7. The van der Waals surface area contributed by atoms with Gasteiger partial charge in [0.15, 0.2) is 0 Å². The van der Waals surface area contributed by atoms with Crippen molar-refractivity contribution in [2.24, 2.45) is 0 Å². The summed E-state index contributed by atoms with van der Waals surface area (Å²) < 4.78 is 39.0. The van der Waals surface area contributed by atoms with Gasteiger partial charge in [-0.1, -0.05) is 69.1 Å². The Morgan fingerprint density at radius 3 is 1.72 bits per heavy atom. The first-order valence-electron chi connectivity index (χ1n) is 11.6. The summed E-state index contributed by atoms with van der Waals surface area (Å²) in [7, 11) is -3.65. The third-order valence-corrected chi connectivity index (χ3v) is 6.27. The zero-order valence-corrected chi connectivity index (χ0v) is 20.3. The van der Waals surface area contributed by atoms with Crippen molar-refractivity contribution in [3.05, 3.63) is 29.8 Å². The van der Waals surface area contributed by atoms with E-state index in [-0.39, 0.29) is 24.5 Å². The van der Waals surface area contributed by atoms with Crippen molar-refractivity contribution in [3.63, 3.8) is 0 Å². The molecule has 0 heterocycles. The van der Waals surface area contributed by atoms with E-state index in [1.165, 1.54) is 6.42 Å². The molecule has 0 amide bonds. The second-order valence-corrected chi connectivity index (χ2v) is 9.44. The lowest BCUT2D eigenvalue weighted by Crippen LogP contribution is -2.14. The van der Waals surface area contributed by atoms with E-state index in [1.54, 1.807) is 31.2 Å². The second-order valence-electron chi connectivity index (χ2n) is 7.83. The van der Waals surface area contributed by atoms with Gasteiger partial charge in [-0.3, -0.25) is 13.8 Å². The van der Waals surface area contributed by atoms with Gasteiger partial charge in [-0.15, -0.1) is 0 Å². The summed E-state index contributed by atoms with van der Waals surface area (Å²) >= 11 is 0. The summed E-state index contributed by atoms with van der Waals surface area (Å²) in [5.41, 5.74) is 1.01. The van der Waals surface area contributed by atoms with Crippen molar-refractivity contribution in [3.8, 4) is 0 Å². The van der Waals surface area contributed by atoms with E-state index in [0.29, 0.717) is 6.61 Å². The van der Waals surface area contributed by atoms with Crippen LogP contribution < -0.4 is 0 Å². The highest BCUT2D eigenvalue weighted by Gasteiger charge is 2.14. The van der Waals surface area contributed by atoms with Gasteiger partial charge >= 0.3 is 11.9 Å². The average Bonchev–Trinajstić information content (AvgIpc) is 2.74. The maximum Gasteiger partial charge on any atom is 0.317 e. The first-order chi connectivity index (χ1) is 15.3. The number of aryl methyl sites for hydroxylation is 1. The number of unbranched alkanes of at least 4 members (excludes halogenated alkanes) is 9. The Morgan fingerprint density at radius 1 is 0.719 bits per heavy atom. The molecule has 0 radical (unpaired) electrons. The number of hydrogen-bond donors (Lipinski definition) is 0. The van der Waals surface area contributed by atoms with Crippen LogP contribution in [0.5, 0.6) is 0 Å². The maximum absolute atomic E-state index is 12.1. The van der Waals surface area contributed by atoms with E-state index in [0.717, 1.165) is 63.4 Å². The number of carbonyl (C=O) groups is 2. The summed E-state index contributed by atoms with van der Waals surface area (Å²) in [6, 6.07) is 6.67. The van der Waals surface area contributed by atoms with Crippen molar-refractivity contribution in [1.29, 1.82) is 0 Å². The van der Waals surface area contributed by atoms with Crippen LogP contribution >= 0.6 is 0 Å². The van der Waals surface area contributed by atoms with Crippen LogP contribution in [0.2, 0.25) is 0 Å². The number of rotatable bonds is 18. The molecule has 182 valence electrons. The van der Waals surface area contributed by atoms with Crippen LogP contribution in [0.15, 0.2) is 29.2 Å². The third kappa shape index (κ3) is 13.5. The van der Waals surface area contributed by atoms with Crippen LogP contribution in [0, 0.1) is 6.92 Å². The van der Waals surface area contributed by atoms with Gasteiger partial charge in [0, 0.05) is 0 Å². The highest BCUT2D eigenvalue weighted by atomic mass is 32.2. The molecule has 1 aromatic rings. The van der Waals surface area contributed by atoms with Crippen molar-refractivity contribution in [2.45, 2.75) is 89.4 Å². The lowest BCUT2D eigenvalue weighted by molar-refractivity contribution is -0.154. The summed E-state index contributed by atoms with van der Waals surface area (Å²) in [5, 5.41) is 0. The predicted molar refractivity (Wildman–Crippen MR) is 123 cm³/mol. The SMILES string of the molecule is CCOC(=O)CC(=O)OCCCCCCCCCCCCOS(=O)(=O)c1ccc(C)cc1. The zero-order valence-electron chi connectivity index (χ0n) is 19.5. The Morgan fingerprint density at radius 2 is 1.19 bits per heavy atom. The Bertz CT molecular complexity index is 757. The highest BCUT2D eigenvalue weighted by Crippen LogP contribution is 2.15. The summed E-state index contributed by atoms with van der Waals surface area (Å²) in [6.45, 7) is 4.44. The predicted octanol–water partition coefficient (Wildman–Crippen LogP) is 5.10. The zero-order chi connectivity index (χ0) is 23.7. The van der Waals surface area contributed by atoms with Crippen molar-refractivity contribution in [2.75, 3.05) is 19.8 Å². The molecule has 0 atom stereocenters. The van der Waals surface area contributed by atoms with Crippen molar-refractivity contribution in [1.82, 2.24) is 0 Å². The number of carbonyl (C=O) groups excluding carboxylic acids is 2. The topological polar surface area (TPSA) is 96.0 Å². The van der Waals surface area contributed by atoms with Crippen LogP contribution in [-0.4, -0.2) is 40.2 Å². The summed E-state index contributed by atoms with van der Waals surface area (Å²) in [5.74, 6) is -1.07. The van der Waals surface area contributed by atoms with Gasteiger partial charge in [0.05, 0.1) is 24.7 Å². The lowest BCUT2D eigenvalue weighted by Gasteiger charge is -2.06. The van der Waals surface area contributed by atoms with Crippen molar-refractivity contribution < 1.29 is 31.7 Å². The largest absolute Gasteiger partial charge is 0.466 e. The van der Waals surface area contributed by atoms with Gasteiger partial charge in [-0.2, -0.15) is 8.42 Å². The molecule has 0 saturated carbocycles. The number of esters is 2. The van der Waals surface area contributed by atoms with Gasteiger partial charge in [0.1, 0.15) is 6.42 Å². The molecule has 0 saturated heterocycles. The van der Waals surface area contributed by atoms with Gasteiger partial charge in [0.2, 0.25) is 0 Å². The molecule has 0 N–H and O–H groups in total. The van der Waals surface area contributed by atoms with Crippen LogP contribution in [0.1, 0.15) is 83.1 Å². The Labute approximate surface area is 192 Å². The van der Waals surface area contributed by atoms with Crippen LogP contribution in [0.3, 0.4) is 0 Å². The average molecular weight is 471 g/mol. The minimum absolute atomic E-state index is 0.206. The Balaban J connectivity index is 1.89. The molecule has 32 heavy (non-hydrogen) atoms. The minimum Gasteiger partial charge on any atom is -0.466 e. The minimum atomic E-state index is -3.65. The number of benzene rings is 1. The molecule has 0 bridgehead atoms. The molecule has 1 rings (SSSR count). The monoisotopic (exact) mass is 470 g/mol. The molecule has 0 aliphatic heterocycles. The van der Waals surface area contributed by atoms with E-state index >= 15 is 0 Å². The quantitative estimate of drug-likeness (QED) is 0.127. The van der Waals surface area contributed by atoms with E-state index in [2.05, 4.69) is 0 Å². The van der Waals surface area contributed by atoms with Gasteiger partial charge in [0.25, 0.3) is 10.1 Å². The molecule has 0 aromatic heterocycles. The highest BCUT2D eigenvalue weighted by molar-refractivity contribution is 7.86. The second kappa shape index (κ2) is 16.7. The first kappa shape index (κ1) is 28.1. The van der Waals surface area contributed by atoms with E-state index < -0.39 is 22.1 Å². The number of hydrogen-bond acceptors (Lipinski definition) is 7. The normalized spacial score (nSPS) is 11.3. The molecule has 0 fully saturated rings. The van der Waals surface area contributed by atoms with E-state index in [1.807, 2.05) is 6.92 Å². The standard InChI is InChI=1S/C24H38O7S/c1-3-29-23(25)20-24(26)30-18-12-10-8-6-4-5-7-9-11-13-19-31-32(27,28)22-16-14-21(2)15-17-22/h14-17H,3-13,18-20H2,1-2H3. The molecule has 0 unspecified atom stereocenters. The van der Waals surface area contributed by atoms with Gasteiger partial charge in [-0.05, 0) is 38.8 Å². The molecular formula is C24H38O7S. The van der Waals surface area contributed by atoms with E-state index in [9.17, 15) is 18.0 Å². The van der Waals surface area contributed by atoms with Crippen LogP contribution in [0.25, 0.3) is 0 Å². The van der Waals surface area contributed by atoms with Gasteiger partial charge in [-0.25, -0.2) is 0 Å². The molecule has 0 spiro atoms. The lowest BCUT2D eigenvalue weighted by atomic mass is 10.1. The Hall–Kier alpha value is -1.93. The third-order valence-electron chi connectivity index (χ3n) is 4.94. The molecular weight excluding hydrogens is 432 g/mol. The fourth-order valence-electron chi connectivity index (χ4n) is 3.13. The van der Waals surface area contributed by atoms with E-state index in [4.69, 9.17) is 13.7 Å². The molecule has 7 nitrogen and oxygen atoms in total. The first-order valence-corrected chi connectivity index (χ1v) is 13.0. The fraction of sp³-hybridized carbons (Fsp3) is 0.667. The van der Waals surface area contributed by atoms with Gasteiger partial charge < -0.3 is 9.47 Å². The van der Waals surface area contributed by atoms with Crippen molar-refractivity contribution >= 4 is 22.1 Å². The number of ether oxygens (including phenoxy) is 2. The molecule has 1 aromatic carbocycles. The molecule has 0 aliphatic carbocycles. The summed E-state index contributed by atoms with van der Waals surface area (Å²) in [6.07, 6.45) is 9.97. The van der Waals surface area contributed by atoms with Crippen LogP contribution in [0.4, 0.5) is 0 Å². The molecule has 0 aliphatic rings. The molecule has 8 heteroatoms. The smallest absolute Gasteiger partial charge is 0.317 e. The maximum atomic E-state index is 12.1. The fourth-order valence-corrected chi connectivity index (χ4v) is 4.07. The Kier molecular flexibility index (Phi) is 14.6.